The predicted octanol–water partition coefficient (Wildman–Crippen LogP) is 2.27. The maximum atomic E-state index is 3.97. The van der Waals surface area contributed by atoms with Gasteiger partial charge in [0, 0.05) is 12.3 Å². The van der Waals surface area contributed by atoms with E-state index in [2.05, 4.69) is 29.4 Å². The van der Waals surface area contributed by atoms with Crippen molar-refractivity contribution < 1.29 is 0 Å². The second-order valence-electron chi connectivity index (χ2n) is 3.49. The van der Waals surface area contributed by atoms with Crippen LogP contribution < -0.4 is 5.32 Å². The zero-order valence-corrected chi connectivity index (χ0v) is 10.3. The molecule has 1 N–H and O–H groups in total. The largest absolute Gasteiger partial charge is 0.316 e. The molecule has 5 heteroatoms. The third-order valence-corrected chi connectivity index (χ3v) is 3.60. The Hall–Kier alpha value is -0.130. The van der Waals surface area contributed by atoms with Gasteiger partial charge >= 0.3 is 0 Å². The lowest BCUT2D eigenvalue weighted by atomic mass is 10.1. The summed E-state index contributed by atoms with van der Waals surface area (Å²) in [5.41, 5.74) is 1.77. The van der Waals surface area contributed by atoms with Crippen LogP contribution >= 0.6 is 23.1 Å². The Morgan fingerprint density at radius 2 is 2.36 bits per heavy atom. The molecular weight excluding hydrogens is 214 g/mol. The van der Waals surface area contributed by atoms with Crippen molar-refractivity contribution in [2.45, 2.75) is 24.6 Å². The second-order valence-corrected chi connectivity index (χ2v) is 5.66. The molecule has 0 fully saturated rings. The summed E-state index contributed by atoms with van der Waals surface area (Å²) >= 11 is 3.37. The van der Waals surface area contributed by atoms with Crippen LogP contribution in [-0.2, 0) is 0 Å². The normalized spacial score (nSPS) is 11.1. The van der Waals surface area contributed by atoms with E-state index < -0.39 is 0 Å². The van der Waals surface area contributed by atoms with Gasteiger partial charge in [-0.15, -0.1) is 10.2 Å². The van der Waals surface area contributed by atoms with E-state index in [0.29, 0.717) is 0 Å². The molecule has 0 spiro atoms. The quantitative estimate of drug-likeness (QED) is 0.577. The SMILES string of the molecule is CC(C)CCNCCSc1nncs1. The van der Waals surface area contributed by atoms with Gasteiger partial charge in [0.2, 0.25) is 0 Å². The molecule has 0 aliphatic rings. The average Bonchev–Trinajstić information content (AvgIpc) is 2.63. The minimum atomic E-state index is 0.790. The van der Waals surface area contributed by atoms with Crippen molar-refractivity contribution >= 4 is 23.1 Å². The monoisotopic (exact) mass is 231 g/mol. The first-order valence-corrected chi connectivity index (χ1v) is 6.75. The topological polar surface area (TPSA) is 37.8 Å². The van der Waals surface area contributed by atoms with Crippen molar-refractivity contribution in [3.05, 3.63) is 5.51 Å². The van der Waals surface area contributed by atoms with E-state index in [1.165, 1.54) is 6.42 Å². The first kappa shape index (κ1) is 11.9. The fraction of sp³-hybridized carbons (Fsp3) is 0.778. The maximum Gasteiger partial charge on any atom is 0.174 e. The molecule has 0 aromatic carbocycles. The molecule has 0 amide bonds. The van der Waals surface area contributed by atoms with E-state index >= 15 is 0 Å². The molecule has 0 aliphatic heterocycles. The highest BCUT2D eigenvalue weighted by atomic mass is 32.2. The van der Waals surface area contributed by atoms with Gasteiger partial charge in [0.05, 0.1) is 0 Å². The molecule has 14 heavy (non-hydrogen) atoms. The highest BCUT2D eigenvalue weighted by Crippen LogP contribution is 2.17. The highest BCUT2D eigenvalue weighted by molar-refractivity contribution is 8.01. The van der Waals surface area contributed by atoms with Gasteiger partial charge in [-0.05, 0) is 18.9 Å². The van der Waals surface area contributed by atoms with E-state index in [9.17, 15) is 0 Å². The fourth-order valence-electron chi connectivity index (χ4n) is 0.952. The van der Waals surface area contributed by atoms with Crippen LogP contribution in [0.5, 0.6) is 0 Å². The Labute approximate surface area is 93.7 Å². The van der Waals surface area contributed by atoms with E-state index in [0.717, 1.165) is 29.1 Å². The number of aromatic nitrogens is 2. The van der Waals surface area contributed by atoms with Crippen LogP contribution in [0.4, 0.5) is 0 Å². The van der Waals surface area contributed by atoms with Crippen LogP contribution in [0.3, 0.4) is 0 Å². The number of hydrogen-bond acceptors (Lipinski definition) is 5. The molecule has 0 saturated heterocycles. The second kappa shape index (κ2) is 7.20. The molecule has 0 aliphatic carbocycles. The first-order chi connectivity index (χ1) is 6.79. The lowest BCUT2D eigenvalue weighted by Gasteiger charge is -2.05. The van der Waals surface area contributed by atoms with E-state index in [4.69, 9.17) is 0 Å². The molecular formula is C9H17N3S2. The third-order valence-electron chi connectivity index (χ3n) is 1.74. The van der Waals surface area contributed by atoms with Gasteiger partial charge in [0.15, 0.2) is 4.34 Å². The smallest absolute Gasteiger partial charge is 0.174 e. The first-order valence-electron chi connectivity index (χ1n) is 4.88. The van der Waals surface area contributed by atoms with Gasteiger partial charge < -0.3 is 5.32 Å². The van der Waals surface area contributed by atoms with Gasteiger partial charge in [-0.2, -0.15) is 0 Å². The van der Waals surface area contributed by atoms with Gasteiger partial charge in [0.25, 0.3) is 0 Å². The molecule has 1 rings (SSSR count). The summed E-state index contributed by atoms with van der Waals surface area (Å²) in [5, 5.41) is 11.2. The molecule has 0 unspecified atom stereocenters. The van der Waals surface area contributed by atoms with Crippen molar-refractivity contribution in [2.75, 3.05) is 18.8 Å². The lowest BCUT2D eigenvalue weighted by molar-refractivity contribution is 0.547. The average molecular weight is 231 g/mol. The third kappa shape index (κ3) is 5.57. The summed E-state index contributed by atoms with van der Waals surface area (Å²) in [5.74, 6) is 1.87. The number of rotatable bonds is 7. The molecule has 3 nitrogen and oxygen atoms in total. The lowest BCUT2D eigenvalue weighted by Crippen LogP contribution is -2.19. The Balaban J connectivity index is 1.90. The highest BCUT2D eigenvalue weighted by Gasteiger charge is 1.97. The van der Waals surface area contributed by atoms with E-state index in [-0.39, 0.29) is 0 Å². The summed E-state index contributed by atoms with van der Waals surface area (Å²) < 4.78 is 1.07. The zero-order chi connectivity index (χ0) is 10.2. The molecule has 1 heterocycles. The van der Waals surface area contributed by atoms with Gasteiger partial charge in [-0.25, -0.2) is 0 Å². The summed E-state index contributed by atoms with van der Waals surface area (Å²) in [6, 6.07) is 0. The minimum Gasteiger partial charge on any atom is -0.316 e. The van der Waals surface area contributed by atoms with Crippen LogP contribution in [0.25, 0.3) is 0 Å². The molecule has 0 saturated carbocycles. The van der Waals surface area contributed by atoms with Crippen LogP contribution in [-0.4, -0.2) is 29.0 Å². The van der Waals surface area contributed by atoms with Crippen LogP contribution in [0, 0.1) is 5.92 Å². The molecule has 0 atom stereocenters. The van der Waals surface area contributed by atoms with Crippen molar-refractivity contribution in [3.8, 4) is 0 Å². The summed E-state index contributed by atoms with van der Waals surface area (Å²) in [6.45, 7) is 6.67. The Morgan fingerprint density at radius 3 is 3.00 bits per heavy atom. The molecule has 0 bridgehead atoms. The summed E-state index contributed by atoms with van der Waals surface area (Å²) in [4.78, 5) is 0. The number of nitrogens with one attached hydrogen (secondary N) is 1. The number of thioether (sulfide) groups is 1. The molecule has 1 aromatic rings. The standard InChI is InChI=1S/C9H17N3S2/c1-8(2)3-4-10-5-6-13-9-12-11-7-14-9/h7-8,10H,3-6H2,1-2H3. The summed E-state index contributed by atoms with van der Waals surface area (Å²) in [6.07, 6.45) is 1.25. The Bertz CT molecular complexity index is 224. The van der Waals surface area contributed by atoms with E-state index in [1.54, 1.807) is 28.6 Å². The van der Waals surface area contributed by atoms with Crippen LogP contribution in [0.2, 0.25) is 0 Å². The van der Waals surface area contributed by atoms with Crippen molar-refractivity contribution in [1.29, 1.82) is 0 Å². The molecule has 0 radical (unpaired) electrons. The van der Waals surface area contributed by atoms with Crippen molar-refractivity contribution in [1.82, 2.24) is 15.5 Å². The predicted molar refractivity (Wildman–Crippen MR) is 63.0 cm³/mol. The van der Waals surface area contributed by atoms with Crippen LogP contribution in [0.1, 0.15) is 20.3 Å². The van der Waals surface area contributed by atoms with Crippen molar-refractivity contribution in [2.24, 2.45) is 5.92 Å². The number of nitrogens with zero attached hydrogens (tertiary/aromatic N) is 2. The minimum absolute atomic E-state index is 0.790. The van der Waals surface area contributed by atoms with Crippen LogP contribution in [0.15, 0.2) is 9.85 Å². The number of hydrogen-bond donors (Lipinski definition) is 1. The van der Waals surface area contributed by atoms with Gasteiger partial charge in [0.1, 0.15) is 5.51 Å². The fourth-order valence-corrected chi connectivity index (χ4v) is 2.41. The van der Waals surface area contributed by atoms with Gasteiger partial charge in [-0.1, -0.05) is 36.9 Å². The van der Waals surface area contributed by atoms with Gasteiger partial charge in [-0.3, -0.25) is 0 Å². The molecule has 80 valence electrons. The zero-order valence-electron chi connectivity index (χ0n) is 8.69. The van der Waals surface area contributed by atoms with E-state index in [1.807, 2.05) is 0 Å². The van der Waals surface area contributed by atoms with Crippen molar-refractivity contribution in [3.63, 3.8) is 0 Å². The maximum absolute atomic E-state index is 3.97. The Kier molecular flexibility index (Phi) is 6.14. The Morgan fingerprint density at radius 1 is 1.50 bits per heavy atom. The molecule has 1 aromatic heterocycles. The summed E-state index contributed by atoms with van der Waals surface area (Å²) in [7, 11) is 0.